The molecule has 108 valence electrons. The average Bonchev–Trinajstić information content (AvgIpc) is 2.90. The number of hydrogen-bond acceptors (Lipinski definition) is 3. The molecule has 0 aliphatic rings. The number of para-hydroxylation sites is 1. The number of ether oxygens (including phenoxy) is 1. The Morgan fingerprint density at radius 2 is 2.00 bits per heavy atom. The first-order chi connectivity index (χ1) is 9.78. The summed E-state index contributed by atoms with van der Waals surface area (Å²) in [5.74, 6) is 0.929. The van der Waals surface area contributed by atoms with E-state index in [2.05, 4.69) is 41.1 Å². The molecule has 1 aromatic heterocycles. The van der Waals surface area contributed by atoms with Crippen molar-refractivity contribution in [3.05, 3.63) is 47.3 Å². The summed E-state index contributed by atoms with van der Waals surface area (Å²) >= 11 is 0. The number of aromatic nitrogens is 2. The lowest BCUT2D eigenvalue weighted by atomic mass is 10.2. The molecule has 2 aromatic rings. The maximum atomic E-state index is 5.36. The molecule has 4 nitrogen and oxygen atoms in total. The Morgan fingerprint density at radius 1 is 1.20 bits per heavy atom. The van der Waals surface area contributed by atoms with E-state index >= 15 is 0 Å². The quantitative estimate of drug-likeness (QED) is 0.843. The zero-order valence-electron chi connectivity index (χ0n) is 12.5. The van der Waals surface area contributed by atoms with Gasteiger partial charge in [-0.2, -0.15) is 5.10 Å². The lowest BCUT2D eigenvalue weighted by Crippen LogP contribution is -2.16. The normalized spacial score (nSPS) is 10.8. The number of aryl methyl sites for hydroxylation is 2. The first-order valence-electron chi connectivity index (χ1n) is 7.16. The number of benzene rings is 1. The highest BCUT2D eigenvalue weighted by molar-refractivity contribution is 5.33. The minimum atomic E-state index is 0.792. The summed E-state index contributed by atoms with van der Waals surface area (Å²) in [6.45, 7) is 6.77. The number of methoxy groups -OCH3 is 1. The number of hydrogen-bond donors (Lipinski definition) is 1. The van der Waals surface area contributed by atoms with E-state index in [1.54, 1.807) is 7.11 Å². The first-order valence-corrected chi connectivity index (χ1v) is 7.16. The van der Waals surface area contributed by atoms with Crippen LogP contribution >= 0.6 is 0 Å². The van der Waals surface area contributed by atoms with Crippen molar-refractivity contribution in [1.29, 1.82) is 0 Å². The average molecular weight is 273 g/mol. The molecule has 0 unspecified atom stereocenters. The highest BCUT2D eigenvalue weighted by Gasteiger charge is 2.06. The van der Waals surface area contributed by atoms with Crippen molar-refractivity contribution in [2.75, 3.05) is 7.11 Å². The second-order valence-corrected chi connectivity index (χ2v) is 4.71. The van der Waals surface area contributed by atoms with Gasteiger partial charge in [0.05, 0.1) is 18.5 Å². The molecule has 1 heterocycles. The van der Waals surface area contributed by atoms with Crippen molar-refractivity contribution in [1.82, 2.24) is 15.1 Å². The molecular formula is C16H23N3O. The van der Waals surface area contributed by atoms with Gasteiger partial charge in [-0.05, 0) is 25.5 Å². The summed E-state index contributed by atoms with van der Waals surface area (Å²) < 4.78 is 7.42. The molecule has 0 atom stereocenters. The van der Waals surface area contributed by atoms with Gasteiger partial charge in [-0.3, -0.25) is 4.68 Å². The highest BCUT2D eigenvalue weighted by atomic mass is 16.5. The van der Waals surface area contributed by atoms with Crippen molar-refractivity contribution in [3.63, 3.8) is 0 Å². The number of nitrogens with one attached hydrogen (secondary N) is 1. The van der Waals surface area contributed by atoms with Crippen LogP contribution < -0.4 is 10.1 Å². The molecule has 0 amide bonds. The summed E-state index contributed by atoms with van der Waals surface area (Å²) in [7, 11) is 1.71. The molecule has 2 rings (SSSR count). The van der Waals surface area contributed by atoms with Crippen LogP contribution in [0.4, 0.5) is 0 Å². The zero-order chi connectivity index (χ0) is 14.4. The SMILES string of the molecule is CCc1cc(CNCc2ccccc2OC)n(CC)n1. The molecule has 0 fully saturated rings. The molecule has 1 N–H and O–H groups in total. The smallest absolute Gasteiger partial charge is 0.123 e. The molecule has 0 aliphatic carbocycles. The predicted molar refractivity (Wildman–Crippen MR) is 80.8 cm³/mol. The Labute approximate surface area is 120 Å². The van der Waals surface area contributed by atoms with E-state index in [1.165, 1.54) is 11.3 Å². The highest BCUT2D eigenvalue weighted by Crippen LogP contribution is 2.17. The Morgan fingerprint density at radius 3 is 2.70 bits per heavy atom. The van der Waals surface area contributed by atoms with Crippen LogP contribution in [0.3, 0.4) is 0 Å². The van der Waals surface area contributed by atoms with Gasteiger partial charge in [-0.25, -0.2) is 0 Å². The fourth-order valence-corrected chi connectivity index (χ4v) is 2.28. The van der Waals surface area contributed by atoms with E-state index < -0.39 is 0 Å². The Hall–Kier alpha value is -1.81. The minimum Gasteiger partial charge on any atom is -0.496 e. The number of nitrogens with zero attached hydrogens (tertiary/aromatic N) is 2. The molecule has 0 spiro atoms. The second-order valence-electron chi connectivity index (χ2n) is 4.71. The molecule has 0 radical (unpaired) electrons. The van der Waals surface area contributed by atoms with E-state index in [4.69, 9.17) is 4.74 Å². The Kier molecular flexibility index (Phi) is 5.18. The zero-order valence-corrected chi connectivity index (χ0v) is 12.5. The maximum Gasteiger partial charge on any atom is 0.123 e. The van der Waals surface area contributed by atoms with Crippen molar-refractivity contribution in [2.45, 2.75) is 39.9 Å². The summed E-state index contributed by atoms with van der Waals surface area (Å²) in [5, 5.41) is 8.02. The van der Waals surface area contributed by atoms with E-state index in [9.17, 15) is 0 Å². The minimum absolute atomic E-state index is 0.792. The van der Waals surface area contributed by atoms with Gasteiger partial charge >= 0.3 is 0 Å². The fourth-order valence-electron chi connectivity index (χ4n) is 2.28. The van der Waals surface area contributed by atoms with Gasteiger partial charge in [-0.1, -0.05) is 25.1 Å². The van der Waals surface area contributed by atoms with Gasteiger partial charge in [-0.15, -0.1) is 0 Å². The third-order valence-corrected chi connectivity index (χ3v) is 3.39. The molecule has 20 heavy (non-hydrogen) atoms. The van der Waals surface area contributed by atoms with Gasteiger partial charge in [0.2, 0.25) is 0 Å². The molecule has 4 heteroatoms. The van der Waals surface area contributed by atoms with E-state index in [0.717, 1.165) is 37.5 Å². The van der Waals surface area contributed by atoms with Crippen molar-refractivity contribution in [3.8, 4) is 5.75 Å². The standard InChI is InChI=1S/C16H23N3O/c1-4-14-10-15(19(5-2)18-14)12-17-11-13-8-6-7-9-16(13)20-3/h6-10,17H,4-5,11-12H2,1-3H3. The fraction of sp³-hybridized carbons (Fsp3) is 0.438. The molecule has 0 aliphatic heterocycles. The van der Waals surface area contributed by atoms with Crippen LogP contribution in [0.1, 0.15) is 30.8 Å². The van der Waals surface area contributed by atoms with Crippen LogP contribution in [0.5, 0.6) is 5.75 Å². The molecule has 0 saturated heterocycles. The third-order valence-electron chi connectivity index (χ3n) is 3.39. The monoisotopic (exact) mass is 273 g/mol. The van der Waals surface area contributed by atoms with Gasteiger partial charge in [0, 0.05) is 25.2 Å². The van der Waals surface area contributed by atoms with Gasteiger partial charge in [0.25, 0.3) is 0 Å². The van der Waals surface area contributed by atoms with Gasteiger partial charge < -0.3 is 10.1 Å². The van der Waals surface area contributed by atoms with Crippen LogP contribution in [0.15, 0.2) is 30.3 Å². The molecule has 0 bridgehead atoms. The van der Waals surface area contributed by atoms with Gasteiger partial charge in [0.1, 0.15) is 5.75 Å². The predicted octanol–water partition coefficient (Wildman–Crippen LogP) is 2.76. The topological polar surface area (TPSA) is 39.1 Å². The summed E-state index contributed by atoms with van der Waals surface area (Å²) in [6, 6.07) is 10.3. The molecule has 1 aromatic carbocycles. The van der Waals surface area contributed by atoms with Crippen LogP contribution in [0.25, 0.3) is 0 Å². The van der Waals surface area contributed by atoms with Crippen LogP contribution in [-0.4, -0.2) is 16.9 Å². The Balaban J connectivity index is 1.97. The largest absolute Gasteiger partial charge is 0.496 e. The first kappa shape index (κ1) is 14.6. The van der Waals surface area contributed by atoms with Crippen molar-refractivity contribution < 1.29 is 4.74 Å². The van der Waals surface area contributed by atoms with Crippen molar-refractivity contribution >= 4 is 0 Å². The van der Waals surface area contributed by atoms with E-state index in [1.807, 2.05) is 18.2 Å². The lowest BCUT2D eigenvalue weighted by Gasteiger charge is -2.10. The van der Waals surface area contributed by atoms with E-state index in [-0.39, 0.29) is 0 Å². The molecule has 0 saturated carbocycles. The summed E-state index contributed by atoms with van der Waals surface area (Å²) in [5.41, 5.74) is 3.56. The van der Waals surface area contributed by atoms with Crippen LogP contribution in [-0.2, 0) is 26.1 Å². The summed E-state index contributed by atoms with van der Waals surface area (Å²) in [6.07, 6.45) is 0.979. The van der Waals surface area contributed by atoms with E-state index in [0.29, 0.717) is 0 Å². The third kappa shape index (κ3) is 3.39. The van der Waals surface area contributed by atoms with Crippen LogP contribution in [0.2, 0.25) is 0 Å². The number of rotatable bonds is 7. The second kappa shape index (κ2) is 7.10. The summed E-state index contributed by atoms with van der Waals surface area (Å²) in [4.78, 5) is 0. The molecular weight excluding hydrogens is 250 g/mol. The lowest BCUT2D eigenvalue weighted by molar-refractivity contribution is 0.407. The Bertz CT molecular complexity index is 548. The van der Waals surface area contributed by atoms with Gasteiger partial charge in [0.15, 0.2) is 0 Å². The van der Waals surface area contributed by atoms with Crippen molar-refractivity contribution in [2.24, 2.45) is 0 Å². The van der Waals surface area contributed by atoms with Crippen LogP contribution in [0, 0.1) is 0 Å². The maximum absolute atomic E-state index is 5.36.